The zero-order chi connectivity index (χ0) is 18.1. The van der Waals surface area contributed by atoms with Gasteiger partial charge in [0.15, 0.2) is 0 Å². The monoisotopic (exact) mass is 379 g/mol. The van der Waals surface area contributed by atoms with Crippen molar-refractivity contribution in [1.29, 1.82) is 0 Å². The summed E-state index contributed by atoms with van der Waals surface area (Å²) in [5.41, 5.74) is 2.16. The van der Waals surface area contributed by atoms with Crippen LogP contribution in [-0.4, -0.2) is 42.6 Å². The van der Waals surface area contributed by atoms with Gasteiger partial charge in [0.2, 0.25) is 0 Å². The van der Waals surface area contributed by atoms with E-state index < -0.39 is 6.10 Å². The fourth-order valence-corrected chi connectivity index (χ4v) is 2.82. The van der Waals surface area contributed by atoms with Crippen LogP contribution in [0.3, 0.4) is 0 Å². The van der Waals surface area contributed by atoms with E-state index in [9.17, 15) is 10.2 Å². The number of ether oxygens (including phenoxy) is 1. The van der Waals surface area contributed by atoms with Gasteiger partial charge in [-0.15, -0.1) is 12.4 Å². The highest BCUT2D eigenvalue weighted by Crippen LogP contribution is 2.28. The van der Waals surface area contributed by atoms with Crippen LogP contribution in [0.1, 0.15) is 31.7 Å². The number of aliphatic hydroxyl groups is 2. The number of hydrogen-bond donors (Lipinski definition) is 2. The Labute approximate surface area is 162 Å². The fourth-order valence-electron chi connectivity index (χ4n) is 2.82. The molecule has 0 spiro atoms. The summed E-state index contributed by atoms with van der Waals surface area (Å²) in [7, 11) is 0. The summed E-state index contributed by atoms with van der Waals surface area (Å²) in [5.74, 6) is 1.26. The van der Waals surface area contributed by atoms with Gasteiger partial charge in [0.25, 0.3) is 0 Å². The molecule has 0 amide bonds. The maximum atomic E-state index is 10.4. The molecule has 2 atom stereocenters. The molecule has 2 aromatic carbocycles. The number of anilines is 1. The van der Waals surface area contributed by atoms with Crippen molar-refractivity contribution in [3.63, 3.8) is 0 Å². The summed E-state index contributed by atoms with van der Waals surface area (Å²) < 4.78 is 5.90. The molecule has 0 fully saturated rings. The zero-order valence-electron chi connectivity index (χ0n) is 15.5. The topological polar surface area (TPSA) is 52.9 Å². The molecule has 2 unspecified atom stereocenters. The van der Waals surface area contributed by atoms with E-state index in [1.807, 2.05) is 53.4 Å². The molecule has 0 bridgehead atoms. The molecule has 0 aliphatic carbocycles. The molecule has 26 heavy (non-hydrogen) atoms. The largest absolute Gasteiger partial charge is 0.491 e. The van der Waals surface area contributed by atoms with Gasteiger partial charge >= 0.3 is 0 Å². The Balaban J connectivity index is 0.00000338. The number of para-hydroxylation sites is 2. The van der Waals surface area contributed by atoms with E-state index in [2.05, 4.69) is 19.9 Å². The Bertz CT molecular complexity index is 624. The number of halogens is 1. The molecule has 0 aliphatic heterocycles. The average molecular weight is 380 g/mol. The Morgan fingerprint density at radius 1 is 1.04 bits per heavy atom. The molecule has 5 heteroatoms. The standard InChI is InChI=1S/C21H29NO3.ClH/c1-3-17(2)20-11-7-8-12-21(20)25-16-19(24)15-22(13-14-23)18-9-5-4-6-10-18;/h4-12,17,19,23-24H,3,13-16H2,1-2H3;1H. The third kappa shape index (κ3) is 6.52. The maximum Gasteiger partial charge on any atom is 0.122 e. The van der Waals surface area contributed by atoms with Gasteiger partial charge in [-0.25, -0.2) is 0 Å². The third-order valence-corrected chi connectivity index (χ3v) is 4.42. The van der Waals surface area contributed by atoms with Crippen molar-refractivity contribution in [2.75, 3.05) is 31.2 Å². The molecular formula is C21H30ClNO3. The molecular weight excluding hydrogens is 350 g/mol. The summed E-state index contributed by atoms with van der Waals surface area (Å²) in [6.07, 6.45) is 0.401. The second-order valence-electron chi connectivity index (χ2n) is 6.32. The Hall–Kier alpha value is -1.75. The Morgan fingerprint density at radius 3 is 2.35 bits per heavy atom. The summed E-state index contributed by atoms with van der Waals surface area (Å²) >= 11 is 0. The summed E-state index contributed by atoms with van der Waals surface area (Å²) in [6.45, 7) is 5.49. The van der Waals surface area contributed by atoms with Crippen LogP contribution in [0.5, 0.6) is 5.75 Å². The summed E-state index contributed by atoms with van der Waals surface area (Å²) in [4.78, 5) is 1.97. The lowest BCUT2D eigenvalue weighted by Crippen LogP contribution is -2.37. The van der Waals surface area contributed by atoms with Crippen LogP contribution in [0.15, 0.2) is 54.6 Å². The zero-order valence-corrected chi connectivity index (χ0v) is 16.4. The minimum Gasteiger partial charge on any atom is -0.491 e. The molecule has 0 radical (unpaired) electrons. The second kappa shape index (κ2) is 11.8. The molecule has 2 aromatic rings. The van der Waals surface area contributed by atoms with Crippen LogP contribution >= 0.6 is 12.4 Å². The molecule has 0 saturated heterocycles. The Morgan fingerprint density at radius 2 is 1.69 bits per heavy atom. The predicted octanol–water partition coefficient (Wildman–Crippen LogP) is 3.86. The first-order chi connectivity index (χ1) is 12.2. The molecule has 0 heterocycles. The van der Waals surface area contributed by atoms with E-state index in [1.165, 1.54) is 5.56 Å². The number of benzene rings is 2. The van der Waals surface area contributed by atoms with Gasteiger partial charge in [0.05, 0.1) is 6.61 Å². The van der Waals surface area contributed by atoms with E-state index in [0.29, 0.717) is 19.0 Å². The van der Waals surface area contributed by atoms with Crippen molar-refractivity contribution < 1.29 is 14.9 Å². The first kappa shape index (κ1) is 22.3. The quantitative estimate of drug-likeness (QED) is 0.658. The van der Waals surface area contributed by atoms with Crippen LogP contribution in [0.25, 0.3) is 0 Å². The van der Waals surface area contributed by atoms with Crippen molar-refractivity contribution in [3.8, 4) is 5.75 Å². The van der Waals surface area contributed by atoms with Crippen LogP contribution in [0.2, 0.25) is 0 Å². The van der Waals surface area contributed by atoms with E-state index in [-0.39, 0.29) is 25.6 Å². The van der Waals surface area contributed by atoms with Crippen LogP contribution in [0.4, 0.5) is 5.69 Å². The fraction of sp³-hybridized carbons (Fsp3) is 0.429. The van der Waals surface area contributed by atoms with Gasteiger partial charge in [-0.2, -0.15) is 0 Å². The van der Waals surface area contributed by atoms with Gasteiger partial charge in [0.1, 0.15) is 18.5 Å². The van der Waals surface area contributed by atoms with Crippen molar-refractivity contribution >= 4 is 18.1 Å². The van der Waals surface area contributed by atoms with Crippen molar-refractivity contribution in [2.24, 2.45) is 0 Å². The lowest BCUT2D eigenvalue weighted by atomic mass is 9.98. The van der Waals surface area contributed by atoms with Crippen LogP contribution < -0.4 is 9.64 Å². The van der Waals surface area contributed by atoms with E-state index in [0.717, 1.165) is 17.9 Å². The van der Waals surface area contributed by atoms with Gasteiger partial charge in [-0.05, 0) is 36.1 Å². The molecule has 0 saturated carbocycles. The molecule has 144 valence electrons. The number of rotatable bonds is 10. The molecule has 0 aliphatic rings. The average Bonchev–Trinajstić information content (AvgIpc) is 2.66. The second-order valence-corrected chi connectivity index (χ2v) is 6.32. The Kier molecular flexibility index (Phi) is 10.1. The van der Waals surface area contributed by atoms with Crippen molar-refractivity contribution in [2.45, 2.75) is 32.3 Å². The lowest BCUT2D eigenvalue weighted by Gasteiger charge is -2.27. The first-order valence-corrected chi connectivity index (χ1v) is 8.96. The molecule has 0 aromatic heterocycles. The first-order valence-electron chi connectivity index (χ1n) is 8.96. The maximum absolute atomic E-state index is 10.4. The highest BCUT2D eigenvalue weighted by atomic mass is 35.5. The summed E-state index contributed by atoms with van der Waals surface area (Å²) in [5, 5.41) is 19.7. The van der Waals surface area contributed by atoms with Crippen LogP contribution in [-0.2, 0) is 0 Å². The highest BCUT2D eigenvalue weighted by molar-refractivity contribution is 5.85. The van der Waals surface area contributed by atoms with Crippen LogP contribution in [0, 0.1) is 0 Å². The van der Waals surface area contributed by atoms with Gasteiger partial charge < -0.3 is 19.8 Å². The van der Waals surface area contributed by atoms with Gasteiger partial charge in [-0.3, -0.25) is 0 Å². The van der Waals surface area contributed by atoms with E-state index >= 15 is 0 Å². The smallest absolute Gasteiger partial charge is 0.122 e. The molecule has 4 nitrogen and oxygen atoms in total. The molecule has 2 rings (SSSR count). The minimum absolute atomic E-state index is 0. The highest BCUT2D eigenvalue weighted by Gasteiger charge is 2.15. The SMILES string of the molecule is CCC(C)c1ccccc1OCC(O)CN(CCO)c1ccccc1.Cl. The lowest BCUT2D eigenvalue weighted by molar-refractivity contribution is 0.110. The van der Waals surface area contributed by atoms with E-state index in [4.69, 9.17) is 4.74 Å². The van der Waals surface area contributed by atoms with Crippen molar-refractivity contribution in [3.05, 3.63) is 60.2 Å². The normalized spacial score (nSPS) is 12.8. The number of nitrogens with zero attached hydrogens (tertiary/aromatic N) is 1. The minimum atomic E-state index is -0.642. The third-order valence-electron chi connectivity index (χ3n) is 4.42. The summed E-state index contributed by atoms with van der Waals surface area (Å²) in [6, 6.07) is 17.8. The van der Waals surface area contributed by atoms with Crippen molar-refractivity contribution in [1.82, 2.24) is 0 Å². The van der Waals surface area contributed by atoms with E-state index in [1.54, 1.807) is 0 Å². The number of hydrogen-bond acceptors (Lipinski definition) is 4. The van der Waals surface area contributed by atoms with Gasteiger partial charge in [-0.1, -0.05) is 50.2 Å². The number of aliphatic hydroxyl groups excluding tert-OH is 2. The predicted molar refractivity (Wildman–Crippen MR) is 110 cm³/mol. The molecule has 2 N–H and O–H groups in total. The van der Waals surface area contributed by atoms with Gasteiger partial charge in [0, 0.05) is 18.8 Å².